The molecule has 0 spiro atoms. The molecule has 1 aromatic heterocycles. The number of halogens is 2. The normalized spacial score (nSPS) is 12.8. The van der Waals surface area contributed by atoms with Gasteiger partial charge in [0.1, 0.15) is 17.5 Å². The van der Waals surface area contributed by atoms with Gasteiger partial charge >= 0.3 is 0 Å². The van der Waals surface area contributed by atoms with Crippen molar-refractivity contribution in [3.8, 4) is 0 Å². The smallest absolute Gasteiger partial charge is 0.130 e. The van der Waals surface area contributed by atoms with Crippen molar-refractivity contribution in [1.82, 2.24) is 9.55 Å². The Labute approximate surface area is 92.6 Å². The van der Waals surface area contributed by atoms with Gasteiger partial charge in [0.2, 0.25) is 0 Å². The molecule has 0 aliphatic carbocycles. The van der Waals surface area contributed by atoms with Crippen LogP contribution in [-0.2, 0) is 7.05 Å². The van der Waals surface area contributed by atoms with Crippen LogP contribution in [0.15, 0.2) is 30.6 Å². The predicted molar refractivity (Wildman–Crippen MR) is 57.1 cm³/mol. The third-order valence-corrected chi connectivity index (χ3v) is 2.68. The first-order chi connectivity index (χ1) is 7.61. The molecule has 0 N–H and O–H groups in total. The van der Waals surface area contributed by atoms with E-state index in [4.69, 9.17) is 0 Å². The Balaban J connectivity index is 2.49. The second kappa shape index (κ2) is 4.04. The van der Waals surface area contributed by atoms with Gasteiger partial charge in [-0.1, -0.05) is 13.0 Å². The van der Waals surface area contributed by atoms with Crippen LogP contribution in [0.2, 0.25) is 0 Å². The van der Waals surface area contributed by atoms with Crippen molar-refractivity contribution < 1.29 is 8.78 Å². The van der Waals surface area contributed by atoms with Gasteiger partial charge in [0.05, 0.1) is 0 Å². The molecule has 0 saturated heterocycles. The summed E-state index contributed by atoms with van der Waals surface area (Å²) >= 11 is 0. The molecule has 1 aromatic carbocycles. The summed E-state index contributed by atoms with van der Waals surface area (Å²) in [6.45, 7) is 1.74. The Kier molecular flexibility index (Phi) is 2.73. The average molecular weight is 222 g/mol. The lowest BCUT2D eigenvalue weighted by Gasteiger charge is -2.13. The van der Waals surface area contributed by atoms with E-state index in [-0.39, 0.29) is 5.56 Å². The Morgan fingerprint density at radius 2 is 1.88 bits per heavy atom. The van der Waals surface area contributed by atoms with E-state index in [1.807, 2.05) is 0 Å². The summed E-state index contributed by atoms with van der Waals surface area (Å²) < 4.78 is 28.9. The van der Waals surface area contributed by atoms with E-state index in [1.54, 1.807) is 30.9 Å². The summed E-state index contributed by atoms with van der Waals surface area (Å²) in [7, 11) is 1.80. The molecule has 84 valence electrons. The summed E-state index contributed by atoms with van der Waals surface area (Å²) in [5.74, 6) is -0.823. The zero-order valence-corrected chi connectivity index (χ0v) is 9.11. The third kappa shape index (κ3) is 1.71. The number of benzene rings is 1. The fourth-order valence-electron chi connectivity index (χ4n) is 1.85. The van der Waals surface area contributed by atoms with Gasteiger partial charge in [-0.15, -0.1) is 0 Å². The molecule has 0 bridgehead atoms. The van der Waals surface area contributed by atoms with E-state index in [2.05, 4.69) is 4.98 Å². The molecule has 2 nitrogen and oxygen atoms in total. The fourth-order valence-corrected chi connectivity index (χ4v) is 1.85. The maximum atomic E-state index is 13.5. The third-order valence-electron chi connectivity index (χ3n) is 2.68. The highest BCUT2D eigenvalue weighted by Gasteiger charge is 2.20. The maximum absolute atomic E-state index is 13.5. The van der Waals surface area contributed by atoms with Crippen molar-refractivity contribution in [2.45, 2.75) is 12.8 Å². The molecule has 16 heavy (non-hydrogen) atoms. The second-order valence-corrected chi connectivity index (χ2v) is 3.75. The molecule has 1 atom stereocenters. The number of hydrogen-bond donors (Lipinski definition) is 0. The van der Waals surface area contributed by atoms with E-state index >= 15 is 0 Å². The van der Waals surface area contributed by atoms with Gasteiger partial charge in [0.15, 0.2) is 0 Å². The van der Waals surface area contributed by atoms with Gasteiger partial charge in [0.25, 0.3) is 0 Å². The van der Waals surface area contributed by atoms with E-state index in [1.165, 1.54) is 18.2 Å². The van der Waals surface area contributed by atoms with Crippen LogP contribution in [0.5, 0.6) is 0 Å². The minimum absolute atomic E-state index is 0.0665. The van der Waals surface area contributed by atoms with Gasteiger partial charge in [-0.05, 0) is 12.1 Å². The molecule has 2 aromatic rings. The number of imidazole rings is 1. The fraction of sp³-hybridized carbons (Fsp3) is 0.250. The minimum atomic E-state index is -0.532. The van der Waals surface area contributed by atoms with Crippen molar-refractivity contribution in [3.63, 3.8) is 0 Å². The summed E-state index contributed by atoms with van der Waals surface area (Å²) in [4.78, 5) is 4.10. The van der Waals surface area contributed by atoms with Crippen LogP contribution in [0.1, 0.15) is 24.2 Å². The molecule has 1 unspecified atom stereocenters. The topological polar surface area (TPSA) is 17.8 Å². The largest absolute Gasteiger partial charge is 0.338 e. The van der Waals surface area contributed by atoms with Gasteiger partial charge in [-0.3, -0.25) is 0 Å². The first-order valence-electron chi connectivity index (χ1n) is 5.02. The number of aryl methyl sites for hydroxylation is 1. The van der Waals surface area contributed by atoms with Crippen LogP contribution in [0.4, 0.5) is 8.78 Å². The second-order valence-electron chi connectivity index (χ2n) is 3.75. The van der Waals surface area contributed by atoms with Crippen molar-refractivity contribution in [3.05, 3.63) is 53.6 Å². The molecule has 1 heterocycles. The number of rotatable bonds is 2. The van der Waals surface area contributed by atoms with E-state index in [0.29, 0.717) is 5.82 Å². The molecular formula is C12H12F2N2. The summed E-state index contributed by atoms with van der Waals surface area (Å²) in [5.41, 5.74) is 0.0665. The quantitative estimate of drug-likeness (QED) is 0.764. The maximum Gasteiger partial charge on any atom is 0.130 e. The highest BCUT2D eigenvalue weighted by Crippen LogP contribution is 2.27. The molecule has 0 fully saturated rings. The van der Waals surface area contributed by atoms with E-state index < -0.39 is 17.6 Å². The van der Waals surface area contributed by atoms with E-state index in [0.717, 1.165) is 0 Å². The lowest BCUT2D eigenvalue weighted by molar-refractivity contribution is 0.539. The van der Waals surface area contributed by atoms with E-state index in [9.17, 15) is 8.78 Å². The molecular weight excluding hydrogens is 210 g/mol. The lowest BCUT2D eigenvalue weighted by Crippen LogP contribution is -2.08. The first-order valence-corrected chi connectivity index (χ1v) is 5.02. The van der Waals surface area contributed by atoms with Crippen molar-refractivity contribution in [1.29, 1.82) is 0 Å². The summed E-state index contributed by atoms with van der Waals surface area (Å²) in [5, 5.41) is 0. The standard InChI is InChI=1S/C12H12F2N2/c1-8(12-15-6-7-16(12)2)11-9(13)4-3-5-10(11)14/h3-8H,1-2H3. The van der Waals surface area contributed by atoms with Crippen molar-refractivity contribution in [2.24, 2.45) is 7.05 Å². The van der Waals surface area contributed by atoms with Crippen molar-refractivity contribution >= 4 is 0 Å². The highest BCUT2D eigenvalue weighted by molar-refractivity contribution is 5.28. The van der Waals surface area contributed by atoms with Crippen LogP contribution < -0.4 is 0 Å². The monoisotopic (exact) mass is 222 g/mol. The zero-order chi connectivity index (χ0) is 11.7. The number of aromatic nitrogens is 2. The van der Waals surface area contributed by atoms with Crippen LogP contribution in [0.25, 0.3) is 0 Å². The average Bonchev–Trinajstić information content (AvgIpc) is 2.64. The summed E-state index contributed by atoms with van der Waals surface area (Å²) in [6, 6.07) is 3.88. The SMILES string of the molecule is CC(c1c(F)cccc1F)c1nccn1C. The molecule has 0 amide bonds. The van der Waals surface area contributed by atoms with Gasteiger partial charge in [0, 0.05) is 30.9 Å². The lowest BCUT2D eigenvalue weighted by atomic mass is 9.99. The van der Waals surface area contributed by atoms with Crippen LogP contribution >= 0.6 is 0 Å². The zero-order valence-electron chi connectivity index (χ0n) is 9.11. The Hall–Kier alpha value is -1.71. The minimum Gasteiger partial charge on any atom is -0.338 e. The molecule has 4 heteroatoms. The molecule has 0 saturated carbocycles. The molecule has 2 rings (SSSR count). The van der Waals surface area contributed by atoms with Crippen molar-refractivity contribution in [2.75, 3.05) is 0 Å². The Morgan fingerprint density at radius 3 is 2.38 bits per heavy atom. The number of nitrogens with zero attached hydrogens (tertiary/aromatic N) is 2. The highest BCUT2D eigenvalue weighted by atomic mass is 19.1. The molecule has 0 aliphatic heterocycles. The Morgan fingerprint density at radius 1 is 1.25 bits per heavy atom. The van der Waals surface area contributed by atoms with Crippen LogP contribution in [0.3, 0.4) is 0 Å². The molecule has 0 radical (unpaired) electrons. The number of hydrogen-bond acceptors (Lipinski definition) is 1. The van der Waals surface area contributed by atoms with Gasteiger partial charge in [-0.25, -0.2) is 13.8 Å². The van der Waals surface area contributed by atoms with Gasteiger partial charge < -0.3 is 4.57 Å². The summed E-state index contributed by atoms with van der Waals surface area (Å²) in [6.07, 6.45) is 3.37. The van der Waals surface area contributed by atoms with Crippen LogP contribution in [0, 0.1) is 11.6 Å². The first kappa shape index (κ1) is 10.8. The van der Waals surface area contributed by atoms with Crippen LogP contribution in [-0.4, -0.2) is 9.55 Å². The predicted octanol–water partition coefficient (Wildman–Crippen LogP) is 2.85. The van der Waals surface area contributed by atoms with Gasteiger partial charge in [-0.2, -0.15) is 0 Å². The Bertz CT molecular complexity index is 485. The molecule has 0 aliphatic rings.